The van der Waals surface area contributed by atoms with E-state index in [1.807, 2.05) is 35.2 Å². The van der Waals surface area contributed by atoms with Gasteiger partial charge < -0.3 is 10.6 Å². The Morgan fingerprint density at radius 3 is 2.61 bits per heavy atom. The maximum atomic E-state index is 12.5. The summed E-state index contributed by atoms with van der Waals surface area (Å²) in [6.07, 6.45) is 3.99. The lowest BCUT2D eigenvalue weighted by atomic mass is 9.97. The molecule has 1 aliphatic carbocycles. The van der Waals surface area contributed by atoms with Crippen LogP contribution in [0.1, 0.15) is 24.3 Å². The third-order valence-corrected chi connectivity index (χ3v) is 3.33. The molecule has 1 aromatic carbocycles. The molecular formula is C15H20N2O. The van der Waals surface area contributed by atoms with Crippen LogP contribution in [0, 0.1) is 0 Å². The number of nitrogens with two attached hydrogens (primary N) is 1. The van der Waals surface area contributed by atoms with Gasteiger partial charge in [0.2, 0.25) is 5.91 Å². The second kappa shape index (κ2) is 5.83. The molecule has 3 heteroatoms. The molecule has 0 heterocycles. The first-order valence-electron chi connectivity index (χ1n) is 6.44. The van der Waals surface area contributed by atoms with Crippen LogP contribution in [0.5, 0.6) is 0 Å². The van der Waals surface area contributed by atoms with Gasteiger partial charge in [-0.15, -0.1) is 6.58 Å². The van der Waals surface area contributed by atoms with Crippen LogP contribution in [0.25, 0.3) is 0 Å². The Morgan fingerprint density at radius 2 is 2.11 bits per heavy atom. The van der Waals surface area contributed by atoms with E-state index < -0.39 is 0 Å². The van der Waals surface area contributed by atoms with Gasteiger partial charge in [-0.05, 0) is 18.4 Å². The van der Waals surface area contributed by atoms with Gasteiger partial charge >= 0.3 is 0 Å². The summed E-state index contributed by atoms with van der Waals surface area (Å²) in [5.41, 5.74) is 6.79. The molecule has 0 bridgehead atoms. The second-order valence-corrected chi connectivity index (χ2v) is 4.71. The molecule has 2 rings (SSSR count). The Bertz CT molecular complexity index is 412. The van der Waals surface area contributed by atoms with E-state index in [1.165, 1.54) is 0 Å². The van der Waals surface area contributed by atoms with Gasteiger partial charge in [-0.3, -0.25) is 4.79 Å². The van der Waals surface area contributed by atoms with E-state index in [1.54, 1.807) is 6.08 Å². The molecule has 1 aromatic rings. The first kappa shape index (κ1) is 12.8. The van der Waals surface area contributed by atoms with E-state index in [9.17, 15) is 4.79 Å². The Morgan fingerprint density at radius 1 is 1.44 bits per heavy atom. The van der Waals surface area contributed by atoms with Crippen molar-refractivity contribution < 1.29 is 4.79 Å². The smallest absolute Gasteiger partial charge is 0.231 e. The number of rotatable bonds is 6. The average Bonchev–Trinajstić information content (AvgIpc) is 3.22. The van der Waals surface area contributed by atoms with Crippen molar-refractivity contribution in [2.75, 3.05) is 13.1 Å². The van der Waals surface area contributed by atoms with Crippen molar-refractivity contribution in [3.05, 3.63) is 48.6 Å². The third kappa shape index (κ3) is 2.79. The zero-order chi connectivity index (χ0) is 13.0. The number of nitrogens with zero attached hydrogens (tertiary/aromatic N) is 1. The summed E-state index contributed by atoms with van der Waals surface area (Å²) in [6, 6.07) is 10.2. The molecule has 2 N–H and O–H groups in total. The van der Waals surface area contributed by atoms with Crippen LogP contribution in [0.4, 0.5) is 0 Å². The first-order chi connectivity index (χ1) is 8.77. The third-order valence-electron chi connectivity index (χ3n) is 3.33. The number of carbonyl (C=O) groups excluding carboxylic acids is 1. The molecule has 0 saturated heterocycles. The maximum absolute atomic E-state index is 12.5. The quantitative estimate of drug-likeness (QED) is 0.777. The number of amides is 1. The summed E-state index contributed by atoms with van der Waals surface area (Å²) >= 11 is 0. The summed E-state index contributed by atoms with van der Waals surface area (Å²) in [6.45, 7) is 4.69. The zero-order valence-corrected chi connectivity index (χ0v) is 10.6. The SMILES string of the molecule is C=CCN(C(=O)C(CN)c1ccccc1)C1CC1. The van der Waals surface area contributed by atoms with Crippen LogP contribution in [0.2, 0.25) is 0 Å². The van der Waals surface area contributed by atoms with Crippen LogP contribution in [-0.2, 0) is 4.79 Å². The van der Waals surface area contributed by atoms with Gasteiger partial charge in [-0.1, -0.05) is 36.4 Å². The fourth-order valence-electron chi connectivity index (χ4n) is 2.21. The molecule has 18 heavy (non-hydrogen) atoms. The van der Waals surface area contributed by atoms with E-state index in [4.69, 9.17) is 5.73 Å². The molecule has 1 unspecified atom stereocenters. The molecule has 96 valence electrons. The second-order valence-electron chi connectivity index (χ2n) is 4.71. The molecule has 1 aliphatic rings. The van der Waals surface area contributed by atoms with E-state index in [0.29, 0.717) is 19.1 Å². The van der Waals surface area contributed by atoms with Gasteiger partial charge in [0.1, 0.15) is 0 Å². The summed E-state index contributed by atoms with van der Waals surface area (Å²) in [4.78, 5) is 14.5. The summed E-state index contributed by atoms with van der Waals surface area (Å²) in [7, 11) is 0. The van der Waals surface area contributed by atoms with Gasteiger partial charge in [0.25, 0.3) is 0 Å². The van der Waals surface area contributed by atoms with Crippen LogP contribution in [0.15, 0.2) is 43.0 Å². The van der Waals surface area contributed by atoms with E-state index >= 15 is 0 Å². The van der Waals surface area contributed by atoms with E-state index in [2.05, 4.69) is 6.58 Å². The lowest BCUT2D eigenvalue weighted by Crippen LogP contribution is -2.39. The van der Waals surface area contributed by atoms with Gasteiger partial charge in [-0.2, -0.15) is 0 Å². The minimum absolute atomic E-state index is 0.131. The molecule has 0 aromatic heterocycles. The fraction of sp³-hybridized carbons (Fsp3) is 0.400. The van der Waals surface area contributed by atoms with Crippen LogP contribution in [0.3, 0.4) is 0 Å². The highest BCUT2D eigenvalue weighted by Crippen LogP contribution is 2.29. The molecule has 0 radical (unpaired) electrons. The fourth-order valence-corrected chi connectivity index (χ4v) is 2.21. The lowest BCUT2D eigenvalue weighted by Gasteiger charge is -2.26. The van der Waals surface area contributed by atoms with E-state index in [0.717, 1.165) is 18.4 Å². The first-order valence-corrected chi connectivity index (χ1v) is 6.44. The Labute approximate surface area is 108 Å². The highest BCUT2D eigenvalue weighted by atomic mass is 16.2. The van der Waals surface area contributed by atoms with Gasteiger partial charge in [0.15, 0.2) is 0 Å². The number of hydrogen-bond acceptors (Lipinski definition) is 2. The standard InChI is InChI=1S/C15H20N2O/c1-2-10-17(13-8-9-13)15(18)14(11-16)12-6-4-3-5-7-12/h2-7,13-14H,1,8-11,16H2. The summed E-state index contributed by atoms with van der Waals surface area (Å²) in [5, 5.41) is 0. The van der Waals surface area contributed by atoms with Crippen molar-refractivity contribution in [1.29, 1.82) is 0 Å². The topological polar surface area (TPSA) is 46.3 Å². The Kier molecular flexibility index (Phi) is 4.15. The van der Waals surface area contributed by atoms with E-state index in [-0.39, 0.29) is 11.8 Å². The van der Waals surface area contributed by atoms with Crippen molar-refractivity contribution in [3.63, 3.8) is 0 Å². The predicted octanol–water partition coefficient (Wildman–Crippen LogP) is 1.91. The minimum Gasteiger partial charge on any atom is -0.335 e. The molecule has 0 spiro atoms. The normalized spacial score (nSPS) is 16.1. The monoisotopic (exact) mass is 244 g/mol. The van der Waals surface area contributed by atoms with Crippen LogP contribution < -0.4 is 5.73 Å². The summed E-state index contributed by atoms with van der Waals surface area (Å²) in [5.74, 6) is -0.0992. The summed E-state index contributed by atoms with van der Waals surface area (Å²) < 4.78 is 0. The highest BCUT2D eigenvalue weighted by molar-refractivity contribution is 5.84. The van der Waals surface area contributed by atoms with Crippen LogP contribution >= 0.6 is 0 Å². The molecule has 1 fully saturated rings. The van der Waals surface area contributed by atoms with Crippen molar-refractivity contribution in [2.45, 2.75) is 24.8 Å². The van der Waals surface area contributed by atoms with Crippen molar-refractivity contribution in [2.24, 2.45) is 5.73 Å². The molecule has 1 saturated carbocycles. The van der Waals surface area contributed by atoms with Crippen LogP contribution in [-0.4, -0.2) is 29.9 Å². The molecule has 0 aliphatic heterocycles. The number of carbonyl (C=O) groups is 1. The predicted molar refractivity (Wildman–Crippen MR) is 73.2 cm³/mol. The number of benzene rings is 1. The number of hydrogen-bond donors (Lipinski definition) is 1. The van der Waals surface area contributed by atoms with Gasteiger partial charge in [0.05, 0.1) is 5.92 Å². The largest absolute Gasteiger partial charge is 0.335 e. The molecular weight excluding hydrogens is 224 g/mol. The zero-order valence-electron chi connectivity index (χ0n) is 10.6. The van der Waals surface area contributed by atoms with Crippen molar-refractivity contribution in [1.82, 2.24) is 4.90 Å². The average molecular weight is 244 g/mol. The minimum atomic E-state index is -0.230. The molecule has 1 atom stereocenters. The lowest BCUT2D eigenvalue weighted by molar-refractivity contribution is -0.132. The van der Waals surface area contributed by atoms with Gasteiger partial charge in [-0.25, -0.2) is 0 Å². The Hall–Kier alpha value is -1.61. The van der Waals surface area contributed by atoms with Crippen molar-refractivity contribution >= 4 is 5.91 Å². The maximum Gasteiger partial charge on any atom is 0.231 e. The molecule has 1 amide bonds. The van der Waals surface area contributed by atoms with Gasteiger partial charge in [0, 0.05) is 19.1 Å². The Balaban J connectivity index is 2.16. The van der Waals surface area contributed by atoms with Crippen molar-refractivity contribution in [3.8, 4) is 0 Å². The molecule has 3 nitrogen and oxygen atoms in total. The highest BCUT2D eigenvalue weighted by Gasteiger charge is 2.35.